The molecule has 1 amide bonds. The lowest BCUT2D eigenvalue weighted by Gasteiger charge is -2.31. The fraction of sp³-hybridized carbons (Fsp3) is 0.529. The SMILES string of the molecule is COC(=O)[C@H]1CCCN(C(=O)CCc2ccc(C)cc2)C1. The predicted molar refractivity (Wildman–Crippen MR) is 80.8 cm³/mol. The average Bonchev–Trinajstić information content (AvgIpc) is 2.53. The number of nitrogens with zero attached hydrogens (tertiary/aromatic N) is 1. The van der Waals surface area contributed by atoms with Crippen LogP contribution < -0.4 is 0 Å². The van der Waals surface area contributed by atoms with E-state index in [9.17, 15) is 9.59 Å². The Bertz CT molecular complexity index is 495. The fourth-order valence-electron chi connectivity index (χ4n) is 2.73. The van der Waals surface area contributed by atoms with E-state index in [-0.39, 0.29) is 17.8 Å². The molecule has 1 fully saturated rings. The van der Waals surface area contributed by atoms with Gasteiger partial charge in [-0.1, -0.05) is 29.8 Å². The summed E-state index contributed by atoms with van der Waals surface area (Å²) in [5, 5.41) is 0. The molecule has 1 aromatic rings. The Hall–Kier alpha value is -1.84. The summed E-state index contributed by atoms with van der Waals surface area (Å²) in [5.41, 5.74) is 2.40. The van der Waals surface area contributed by atoms with Crippen molar-refractivity contribution in [3.63, 3.8) is 0 Å². The van der Waals surface area contributed by atoms with Gasteiger partial charge in [-0.2, -0.15) is 0 Å². The van der Waals surface area contributed by atoms with Gasteiger partial charge in [-0.25, -0.2) is 0 Å². The van der Waals surface area contributed by atoms with Gasteiger partial charge in [0, 0.05) is 19.5 Å². The van der Waals surface area contributed by atoms with E-state index in [4.69, 9.17) is 4.74 Å². The van der Waals surface area contributed by atoms with Crippen LogP contribution in [0.1, 0.15) is 30.4 Å². The number of benzene rings is 1. The van der Waals surface area contributed by atoms with Crippen molar-refractivity contribution in [2.24, 2.45) is 5.92 Å². The van der Waals surface area contributed by atoms with E-state index < -0.39 is 0 Å². The second-order valence-electron chi connectivity index (χ2n) is 5.69. The number of hydrogen-bond acceptors (Lipinski definition) is 3. The highest BCUT2D eigenvalue weighted by Gasteiger charge is 2.28. The molecule has 0 bridgehead atoms. The molecule has 21 heavy (non-hydrogen) atoms. The molecule has 4 heteroatoms. The lowest BCUT2D eigenvalue weighted by atomic mass is 9.97. The molecule has 0 spiro atoms. The molecule has 1 saturated heterocycles. The molecular weight excluding hydrogens is 266 g/mol. The molecule has 114 valence electrons. The number of carbonyl (C=O) groups excluding carboxylic acids is 2. The van der Waals surface area contributed by atoms with Crippen molar-refractivity contribution in [3.05, 3.63) is 35.4 Å². The van der Waals surface area contributed by atoms with Gasteiger partial charge in [-0.15, -0.1) is 0 Å². The first-order valence-electron chi connectivity index (χ1n) is 7.51. The summed E-state index contributed by atoms with van der Waals surface area (Å²) in [7, 11) is 1.40. The minimum Gasteiger partial charge on any atom is -0.469 e. The number of methoxy groups -OCH3 is 1. The molecule has 2 rings (SSSR count). The number of rotatable bonds is 4. The summed E-state index contributed by atoms with van der Waals surface area (Å²) in [6.45, 7) is 3.30. The van der Waals surface area contributed by atoms with E-state index in [1.807, 2.05) is 0 Å². The van der Waals surface area contributed by atoms with Crippen molar-refractivity contribution in [3.8, 4) is 0 Å². The zero-order valence-corrected chi connectivity index (χ0v) is 12.8. The van der Waals surface area contributed by atoms with Crippen LogP contribution in [0.5, 0.6) is 0 Å². The molecule has 1 aliphatic heterocycles. The van der Waals surface area contributed by atoms with Crippen molar-refractivity contribution in [1.82, 2.24) is 4.90 Å². The Kier molecular flexibility index (Phi) is 5.37. The monoisotopic (exact) mass is 289 g/mol. The topological polar surface area (TPSA) is 46.6 Å². The minimum atomic E-state index is -0.203. The third-order valence-electron chi connectivity index (χ3n) is 4.06. The third-order valence-corrected chi connectivity index (χ3v) is 4.06. The standard InChI is InChI=1S/C17H23NO3/c1-13-5-7-14(8-6-13)9-10-16(19)18-11-3-4-15(12-18)17(20)21-2/h5-8,15H,3-4,9-12H2,1-2H3/t15-/m0/s1. The molecule has 0 saturated carbocycles. The Morgan fingerprint density at radius 3 is 2.67 bits per heavy atom. The second kappa shape index (κ2) is 7.25. The first kappa shape index (κ1) is 15.5. The molecule has 1 atom stereocenters. The highest BCUT2D eigenvalue weighted by molar-refractivity contribution is 5.78. The maximum atomic E-state index is 12.3. The second-order valence-corrected chi connectivity index (χ2v) is 5.69. The van der Waals surface area contributed by atoms with E-state index >= 15 is 0 Å². The summed E-state index contributed by atoms with van der Waals surface area (Å²) in [6.07, 6.45) is 2.93. The quantitative estimate of drug-likeness (QED) is 0.799. The highest BCUT2D eigenvalue weighted by atomic mass is 16.5. The third kappa shape index (κ3) is 4.31. The van der Waals surface area contributed by atoms with Crippen LogP contribution in [0, 0.1) is 12.8 Å². The number of likely N-dealkylation sites (tertiary alicyclic amines) is 1. The normalized spacial score (nSPS) is 18.4. The molecule has 0 N–H and O–H groups in total. The van der Waals surface area contributed by atoms with Crippen molar-refractivity contribution >= 4 is 11.9 Å². The Morgan fingerprint density at radius 2 is 2.00 bits per heavy atom. The lowest BCUT2D eigenvalue weighted by molar-refractivity contribution is -0.149. The van der Waals surface area contributed by atoms with Crippen LogP contribution in [0.25, 0.3) is 0 Å². The van der Waals surface area contributed by atoms with Crippen LogP contribution in [0.4, 0.5) is 0 Å². The van der Waals surface area contributed by atoms with E-state index in [0.29, 0.717) is 13.0 Å². The van der Waals surface area contributed by atoms with E-state index in [2.05, 4.69) is 31.2 Å². The van der Waals surface area contributed by atoms with Gasteiger partial charge < -0.3 is 9.64 Å². The Balaban J connectivity index is 1.85. The van der Waals surface area contributed by atoms with Crippen LogP contribution >= 0.6 is 0 Å². The molecule has 0 radical (unpaired) electrons. The van der Waals surface area contributed by atoms with Crippen molar-refractivity contribution in [2.75, 3.05) is 20.2 Å². The molecule has 1 heterocycles. The smallest absolute Gasteiger partial charge is 0.310 e. The summed E-state index contributed by atoms with van der Waals surface area (Å²) in [4.78, 5) is 25.7. The first-order chi connectivity index (χ1) is 10.1. The summed E-state index contributed by atoms with van der Waals surface area (Å²) in [5.74, 6) is -0.234. The fourth-order valence-corrected chi connectivity index (χ4v) is 2.73. The molecule has 0 aromatic heterocycles. The summed E-state index contributed by atoms with van der Waals surface area (Å²) < 4.78 is 4.78. The molecule has 1 aliphatic rings. The van der Waals surface area contributed by atoms with Crippen LogP contribution in [-0.2, 0) is 20.7 Å². The zero-order valence-electron chi connectivity index (χ0n) is 12.8. The number of hydrogen-bond donors (Lipinski definition) is 0. The average molecular weight is 289 g/mol. The Labute approximate surface area is 126 Å². The highest BCUT2D eigenvalue weighted by Crippen LogP contribution is 2.19. The summed E-state index contributed by atoms with van der Waals surface area (Å²) in [6, 6.07) is 8.26. The van der Waals surface area contributed by atoms with Crippen molar-refractivity contribution < 1.29 is 14.3 Å². The maximum Gasteiger partial charge on any atom is 0.310 e. The van der Waals surface area contributed by atoms with Crippen LogP contribution in [0.3, 0.4) is 0 Å². The van der Waals surface area contributed by atoms with Crippen molar-refractivity contribution in [1.29, 1.82) is 0 Å². The minimum absolute atomic E-state index is 0.129. The number of esters is 1. The van der Waals surface area contributed by atoms with Gasteiger partial charge in [0.1, 0.15) is 0 Å². The van der Waals surface area contributed by atoms with Gasteiger partial charge >= 0.3 is 5.97 Å². The van der Waals surface area contributed by atoms with E-state index in [0.717, 1.165) is 25.8 Å². The van der Waals surface area contributed by atoms with Gasteiger partial charge in [0.25, 0.3) is 0 Å². The van der Waals surface area contributed by atoms with Gasteiger partial charge in [-0.05, 0) is 31.7 Å². The zero-order chi connectivity index (χ0) is 15.2. The van der Waals surface area contributed by atoms with Gasteiger partial charge in [-0.3, -0.25) is 9.59 Å². The number of amides is 1. The molecule has 0 aliphatic carbocycles. The molecule has 4 nitrogen and oxygen atoms in total. The number of ether oxygens (including phenoxy) is 1. The van der Waals surface area contributed by atoms with Gasteiger partial charge in [0.05, 0.1) is 13.0 Å². The van der Waals surface area contributed by atoms with Crippen molar-refractivity contribution in [2.45, 2.75) is 32.6 Å². The number of piperidine rings is 1. The Morgan fingerprint density at radius 1 is 1.29 bits per heavy atom. The van der Waals surface area contributed by atoms with Crippen LogP contribution in [0.2, 0.25) is 0 Å². The van der Waals surface area contributed by atoms with E-state index in [1.54, 1.807) is 4.90 Å². The summed E-state index contributed by atoms with van der Waals surface area (Å²) >= 11 is 0. The number of aryl methyl sites for hydroxylation is 2. The van der Waals surface area contributed by atoms with Gasteiger partial charge in [0.2, 0.25) is 5.91 Å². The molecular formula is C17H23NO3. The van der Waals surface area contributed by atoms with E-state index in [1.165, 1.54) is 18.2 Å². The first-order valence-corrected chi connectivity index (χ1v) is 7.51. The van der Waals surface area contributed by atoms with Crippen LogP contribution in [0.15, 0.2) is 24.3 Å². The number of carbonyl (C=O) groups is 2. The lowest BCUT2D eigenvalue weighted by Crippen LogP contribution is -2.42. The molecule has 0 unspecified atom stereocenters. The predicted octanol–water partition coefficient (Wildman–Crippen LogP) is 2.34. The van der Waals surface area contributed by atoms with Gasteiger partial charge in [0.15, 0.2) is 0 Å². The molecule has 1 aromatic carbocycles. The van der Waals surface area contributed by atoms with Crippen LogP contribution in [-0.4, -0.2) is 37.0 Å². The maximum absolute atomic E-state index is 12.3. The largest absolute Gasteiger partial charge is 0.469 e.